The Labute approximate surface area is 255 Å². The van der Waals surface area contributed by atoms with Crippen molar-refractivity contribution >= 4 is 75.3 Å². The van der Waals surface area contributed by atoms with Crippen molar-refractivity contribution in [1.29, 1.82) is 0 Å². The molecule has 1 aliphatic heterocycles. The van der Waals surface area contributed by atoms with Crippen LogP contribution in [0.4, 0.5) is 17.1 Å². The van der Waals surface area contributed by atoms with Gasteiger partial charge in [0, 0.05) is 23.2 Å². The van der Waals surface area contributed by atoms with Crippen LogP contribution in [0.1, 0.15) is 84.0 Å². The third-order valence-electron chi connectivity index (χ3n) is 6.57. The Bertz CT molecular complexity index is 1230. The fourth-order valence-electron chi connectivity index (χ4n) is 4.46. The van der Waals surface area contributed by atoms with E-state index in [-0.39, 0.29) is 32.5 Å². The zero-order chi connectivity index (χ0) is 29.1. The first-order valence-corrected chi connectivity index (χ1v) is 15.3. The largest absolute Gasteiger partial charge is 0.353 e. The van der Waals surface area contributed by atoms with Crippen molar-refractivity contribution in [2.24, 2.45) is 0 Å². The number of hydrogen-bond donors (Lipinski definition) is 2. The predicted molar refractivity (Wildman–Crippen MR) is 165 cm³/mol. The third-order valence-corrected chi connectivity index (χ3v) is 7.69. The van der Waals surface area contributed by atoms with Gasteiger partial charge in [0.15, 0.2) is 0 Å². The van der Waals surface area contributed by atoms with Crippen molar-refractivity contribution in [3.05, 3.63) is 67.2 Å². The van der Waals surface area contributed by atoms with Gasteiger partial charge in [0.25, 0.3) is 5.91 Å². The van der Waals surface area contributed by atoms with Gasteiger partial charge in [-0.05, 0) is 35.6 Å². The molecule has 0 fully saturated rings. The highest BCUT2D eigenvalue weighted by atomic mass is 35.5. The van der Waals surface area contributed by atoms with Crippen LogP contribution in [0, 0.1) is 4.91 Å². The van der Waals surface area contributed by atoms with Crippen LogP contribution in [-0.2, 0) is 9.59 Å². The van der Waals surface area contributed by atoms with Gasteiger partial charge in [-0.2, -0.15) is 0 Å². The summed E-state index contributed by atoms with van der Waals surface area (Å²) in [6.07, 6.45) is 14.9. The maximum atomic E-state index is 13.0. The molecule has 3 rings (SSSR count). The number of halogens is 4. The van der Waals surface area contributed by atoms with E-state index in [2.05, 4.69) is 17.6 Å². The van der Waals surface area contributed by atoms with E-state index in [4.69, 9.17) is 46.4 Å². The SMILES string of the molecule is CCCCCCCCCCCCCC(=O)Nc1ccc(Cl)c(NC2=CC(=O)N(c3c(Cl)cc(Cl)cc3Cl)[N+]2=O)c1. The molecule has 7 nitrogen and oxygen atoms in total. The number of hydrazine groups is 1. The number of carbonyl (C=O) groups is 2. The molecule has 0 spiro atoms. The highest BCUT2D eigenvalue weighted by Crippen LogP contribution is 2.39. The maximum Gasteiger partial charge on any atom is 0.353 e. The van der Waals surface area contributed by atoms with Crippen LogP contribution in [0.15, 0.2) is 42.2 Å². The zero-order valence-electron chi connectivity index (χ0n) is 22.6. The quantitative estimate of drug-likeness (QED) is 0.143. The number of rotatable bonds is 16. The minimum absolute atomic E-state index is 0.00954. The Kier molecular flexibility index (Phi) is 13.0. The number of nitrogens with zero attached hydrogens (tertiary/aromatic N) is 2. The lowest BCUT2D eigenvalue weighted by molar-refractivity contribution is -0.493. The van der Waals surface area contributed by atoms with Crippen molar-refractivity contribution in [2.45, 2.75) is 84.0 Å². The first kappa shape index (κ1) is 32.2. The molecule has 0 atom stereocenters. The van der Waals surface area contributed by atoms with Gasteiger partial charge in [-0.25, -0.2) is 5.32 Å². The van der Waals surface area contributed by atoms with Crippen LogP contribution in [0.2, 0.25) is 20.1 Å². The molecule has 2 N–H and O–H groups in total. The van der Waals surface area contributed by atoms with E-state index in [1.807, 2.05) is 0 Å². The molecule has 216 valence electrons. The van der Waals surface area contributed by atoms with Crippen molar-refractivity contribution in [2.75, 3.05) is 15.6 Å². The normalized spacial score (nSPS) is 13.1. The van der Waals surface area contributed by atoms with E-state index in [9.17, 15) is 14.5 Å². The van der Waals surface area contributed by atoms with Gasteiger partial charge in [0.2, 0.25) is 5.91 Å². The van der Waals surface area contributed by atoms with Crippen molar-refractivity contribution < 1.29 is 14.5 Å². The Morgan fingerprint density at radius 2 is 1.40 bits per heavy atom. The summed E-state index contributed by atoms with van der Waals surface area (Å²) >= 11 is 24.7. The Hall–Kier alpha value is -2.32. The summed E-state index contributed by atoms with van der Waals surface area (Å²) < 4.78 is 0. The molecule has 0 unspecified atom stereocenters. The summed E-state index contributed by atoms with van der Waals surface area (Å²) in [5.74, 6) is -0.849. The number of nitroso groups, excluding NO2 is 1. The number of unbranched alkanes of at least 4 members (excludes halogenated alkanes) is 10. The molecule has 0 aliphatic carbocycles. The molecule has 0 bridgehead atoms. The minimum Gasteiger partial charge on any atom is -0.326 e. The molecule has 2 aromatic rings. The maximum absolute atomic E-state index is 13.0. The standard InChI is InChI=1S/C29H34Cl4N4O3/c1-2-3-4-5-6-7-8-9-10-11-12-13-27(38)34-21-14-15-22(31)25(18-21)35-26-19-28(39)36(37(26)40)29-23(32)16-20(30)17-24(29)33/h14-19H,2-13H2,1H3,(H-,34,35,38,39)/p+1. The van der Waals surface area contributed by atoms with Gasteiger partial charge in [0.1, 0.15) is 17.5 Å². The Morgan fingerprint density at radius 3 is 2.00 bits per heavy atom. The van der Waals surface area contributed by atoms with E-state index in [0.717, 1.165) is 30.3 Å². The monoisotopic (exact) mass is 627 g/mol. The number of amides is 2. The van der Waals surface area contributed by atoms with E-state index < -0.39 is 5.91 Å². The molecule has 1 heterocycles. The molecule has 0 saturated carbocycles. The van der Waals surface area contributed by atoms with Crippen LogP contribution in [0.3, 0.4) is 0 Å². The summed E-state index contributed by atoms with van der Waals surface area (Å²) in [6.45, 7) is 2.23. The van der Waals surface area contributed by atoms with Gasteiger partial charge in [-0.3, -0.25) is 9.59 Å². The Balaban J connectivity index is 1.47. The number of carbonyl (C=O) groups excluding carboxylic acids is 2. The third kappa shape index (κ3) is 9.37. The van der Waals surface area contributed by atoms with Crippen molar-refractivity contribution in [3.63, 3.8) is 0 Å². The first-order valence-electron chi connectivity index (χ1n) is 13.7. The smallest absolute Gasteiger partial charge is 0.326 e. The number of nitrogens with one attached hydrogen (secondary N) is 2. The number of anilines is 3. The average molecular weight is 629 g/mol. The van der Waals surface area contributed by atoms with Crippen molar-refractivity contribution in [1.82, 2.24) is 0 Å². The second-order valence-corrected chi connectivity index (χ2v) is 11.5. The van der Waals surface area contributed by atoms with E-state index in [1.54, 1.807) is 18.2 Å². The topological polar surface area (TPSA) is 81.5 Å². The molecule has 40 heavy (non-hydrogen) atoms. The number of benzene rings is 2. The molecule has 1 aliphatic rings. The van der Waals surface area contributed by atoms with E-state index in [1.165, 1.54) is 63.5 Å². The average Bonchev–Trinajstić information content (AvgIpc) is 3.16. The van der Waals surface area contributed by atoms with Gasteiger partial charge in [-0.15, -0.1) is 0 Å². The molecule has 2 amide bonds. The molecule has 11 heteroatoms. The van der Waals surface area contributed by atoms with Gasteiger partial charge >= 0.3 is 5.82 Å². The first-order chi connectivity index (χ1) is 19.2. The summed E-state index contributed by atoms with van der Waals surface area (Å²) in [5, 5.41) is 7.17. The summed E-state index contributed by atoms with van der Waals surface area (Å²) in [6, 6.07) is 7.64. The molecular formula is C29H35Cl4N4O3+. The molecule has 2 aromatic carbocycles. The Morgan fingerprint density at radius 1 is 0.825 bits per heavy atom. The van der Waals surface area contributed by atoms with E-state index >= 15 is 0 Å². The lowest BCUT2D eigenvalue weighted by atomic mass is 10.1. The van der Waals surface area contributed by atoms with E-state index in [0.29, 0.717) is 27.7 Å². The number of hydrogen-bond acceptors (Lipinski definition) is 4. The van der Waals surface area contributed by atoms with Crippen LogP contribution < -0.4 is 15.6 Å². The molecule has 0 aromatic heterocycles. The summed E-state index contributed by atoms with van der Waals surface area (Å²) in [4.78, 5) is 38.4. The van der Waals surface area contributed by atoms with Crippen LogP contribution in [-0.4, -0.2) is 16.7 Å². The fourth-order valence-corrected chi connectivity index (χ4v) is 5.60. The highest BCUT2D eigenvalue weighted by molar-refractivity contribution is 6.42. The predicted octanol–water partition coefficient (Wildman–Crippen LogP) is 9.93. The van der Waals surface area contributed by atoms with Gasteiger partial charge < -0.3 is 5.32 Å². The van der Waals surface area contributed by atoms with Gasteiger partial charge in [-0.1, -0.05) is 123 Å². The second kappa shape index (κ2) is 16.2. The summed E-state index contributed by atoms with van der Waals surface area (Å²) in [7, 11) is 0. The fraction of sp³-hybridized carbons (Fsp3) is 0.448. The lowest BCUT2D eigenvalue weighted by Gasteiger charge is -2.14. The lowest BCUT2D eigenvalue weighted by Crippen LogP contribution is -2.33. The zero-order valence-corrected chi connectivity index (χ0v) is 25.6. The molecule has 0 radical (unpaired) electrons. The minimum atomic E-state index is -0.656. The summed E-state index contributed by atoms with van der Waals surface area (Å²) in [5.41, 5.74) is 0.863. The van der Waals surface area contributed by atoms with Crippen LogP contribution in [0.5, 0.6) is 0 Å². The molecular weight excluding hydrogens is 594 g/mol. The molecule has 0 saturated heterocycles. The second-order valence-electron chi connectivity index (χ2n) is 9.82. The van der Waals surface area contributed by atoms with Crippen LogP contribution in [0.25, 0.3) is 0 Å². The van der Waals surface area contributed by atoms with Crippen molar-refractivity contribution in [3.8, 4) is 0 Å². The highest BCUT2D eigenvalue weighted by Gasteiger charge is 2.41. The van der Waals surface area contributed by atoms with Crippen LogP contribution >= 0.6 is 46.4 Å². The van der Waals surface area contributed by atoms with Gasteiger partial charge in [0.05, 0.1) is 19.9 Å².